The highest BCUT2D eigenvalue weighted by Gasteiger charge is 2.27. The number of nitrogens with zero attached hydrogens (tertiary/aromatic N) is 3. The summed E-state index contributed by atoms with van der Waals surface area (Å²) >= 11 is 0. The quantitative estimate of drug-likeness (QED) is 0.855. The molecule has 22 heavy (non-hydrogen) atoms. The highest BCUT2D eigenvalue weighted by atomic mass is 16.5. The number of hydrogen-bond donors (Lipinski definition) is 0. The van der Waals surface area contributed by atoms with Crippen LogP contribution in [0.4, 0.5) is 5.82 Å². The first-order valence-electron chi connectivity index (χ1n) is 8.68. The molecule has 122 valence electrons. The second-order valence-corrected chi connectivity index (χ2v) is 7.06. The molecular weight excluding hydrogens is 274 g/mol. The second-order valence-electron chi connectivity index (χ2n) is 7.06. The molecule has 0 amide bonds. The molecule has 0 aromatic carbocycles. The van der Waals surface area contributed by atoms with Gasteiger partial charge < -0.3 is 9.64 Å². The zero-order valence-electron chi connectivity index (χ0n) is 14.2. The van der Waals surface area contributed by atoms with Crippen molar-refractivity contribution in [1.82, 2.24) is 9.88 Å². The molecule has 0 saturated carbocycles. The minimum atomic E-state index is 0.562. The lowest BCUT2D eigenvalue weighted by Crippen LogP contribution is -2.37. The third-order valence-corrected chi connectivity index (χ3v) is 4.73. The number of aryl methyl sites for hydroxylation is 1. The first kappa shape index (κ1) is 15.8. The summed E-state index contributed by atoms with van der Waals surface area (Å²) in [5.41, 5.74) is 2.70. The van der Waals surface area contributed by atoms with Crippen LogP contribution in [-0.2, 0) is 4.74 Å². The van der Waals surface area contributed by atoms with Crippen molar-refractivity contribution >= 4 is 5.82 Å². The molecular formula is C18H29N3O. The first-order chi connectivity index (χ1) is 10.6. The van der Waals surface area contributed by atoms with Crippen LogP contribution in [0.5, 0.6) is 0 Å². The second kappa shape index (κ2) is 6.97. The fraction of sp³-hybridized carbons (Fsp3) is 0.722. The Bertz CT molecular complexity index is 497. The van der Waals surface area contributed by atoms with Crippen molar-refractivity contribution in [2.24, 2.45) is 5.92 Å². The smallest absolute Gasteiger partial charge is 0.131 e. The summed E-state index contributed by atoms with van der Waals surface area (Å²) in [6.07, 6.45) is 4.69. The third-order valence-electron chi connectivity index (χ3n) is 4.73. The van der Waals surface area contributed by atoms with Gasteiger partial charge in [-0.05, 0) is 49.4 Å². The number of anilines is 1. The van der Waals surface area contributed by atoms with Crippen molar-refractivity contribution in [3.05, 3.63) is 23.4 Å². The van der Waals surface area contributed by atoms with Gasteiger partial charge in [0.1, 0.15) is 5.82 Å². The summed E-state index contributed by atoms with van der Waals surface area (Å²) in [6, 6.07) is 2.92. The van der Waals surface area contributed by atoms with Gasteiger partial charge in [0.2, 0.25) is 0 Å². The zero-order valence-corrected chi connectivity index (χ0v) is 14.2. The number of morpholine rings is 1. The molecule has 1 aromatic rings. The minimum absolute atomic E-state index is 0.562. The molecule has 4 heteroatoms. The molecule has 1 atom stereocenters. The number of ether oxygens (including phenoxy) is 1. The van der Waals surface area contributed by atoms with E-state index in [0.717, 1.165) is 38.0 Å². The van der Waals surface area contributed by atoms with Gasteiger partial charge in [-0.25, -0.2) is 4.98 Å². The largest absolute Gasteiger partial charge is 0.378 e. The molecule has 4 nitrogen and oxygen atoms in total. The van der Waals surface area contributed by atoms with Gasteiger partial charge in [0.05, 0.1) is 13.2 Å². The summed E-state index contributed by atoms with van der Waals surface area (Å²) in [4.78, 5) is 9.79. The molecule has 2 aliphatic rings. The van der Waals surface area contributed by atoms with E-state index in [4.69, 9.17) is 9.72 Å². The Hall–Kier alpha value is -1.13. The molecule has 2 saturated heterocycles. The third kappa shape index (κ3) is 3.44. The van der Waals surface area contributed by atoms with Crippen molar-refractivity contribution in [3.63, 3.8) is 0 Å². The lowest BCUT2D eigenvalue weighted by molar-refractivity contribution is 0.122. The molecule has 3 heterocycles. The molecule has 0 unspecified atom stereocenters. The van der Waals surface area contributed by atoms with Gasteiger partial charge in [-0.1, -0.05) is 13.8 Å². The van der Waals surface area contributed by atoms with Crippen LogP contribution in [0.1, 0.15) is 43.9 Å². The van der Waals surface area contributed by atoms with Crippen molar-refractivity contribution in [2.75, 3.05) is 44.3 Å². The van der Waals surface area contributed by atoms with E-state index < -0.39 is 0 Å². The lowest BCUT2D eigenvalue weighted by atomic mass is 10.0. The summed E-state index contributed by atoms with van der Waals surface area (Å²) in [7, 11) is 0. The van der Waals surface area contributed by atoms with Crippen LogP contribution in [0.3, 0.4) is 0 Å². The van der Waals surface area contributed by atoms with E-state index in [1.807, 2.05) is 0 Å². The molecule has 0 spiro atoms. The molecule has 0 bridgehead atoms. The molecule has 2 fully saturated rings. The van der Waals surface area contributed by atoms with Crippen LogP contribution < -0.4 is 4.90 Å². The van der Waals surface area contributed by atoms with E-state index in [1.54, 1.807) is 0 Å². The van der Waals surface area contributed by atoms with Crippen molar-refractivity contribution in [2.45, 2.75) is 39.7 Å². The molecule has 2 aliphatic heterocycles. The average molecular weight is 303 g/mol. The Morgan fingerprint density at radius 1 is 1.27 bits per heavy atom. The zero-order chi connectivity index (χ0) is 15.5. The summed E-state index contributed by atoms with van der Waals surface area (Å²) in [5.74, 6) is 1.86. The van der Waals surface area contributed by atoms with Crippen LogP contribution in [0.25, 0.3) is 0 Å². The van der Waals surface area contributed by atoms with Crippen molar-refractivity contribution < 1.29 is 4.74 Å². The van der Waals surface area contributed by atoms with Gasteiger partial charge in [0, 0.05) is 31.9 Å². The Balaban J connectivity index is 1.76. The number of likely N-dealkylation sites (tertiary alicyclic amines) is 1. The van der Waals surface area contributed by atoms with E-state index in [-0.39, 0.29) is 0 Å². The monoisotopic (exact) mass is 303 g/mol. The predicted molar refractivity (Wildman–Crippen MR) is 90.4 cm³/mol. The Morgan fingerprint density at radius 2 is 2.05 bits per heavy atom. The topological polar surface area (TPSA) is 28.6 Å². The van der Waals surface area contributed by atoms with E-state index in [9.17, 15) is 0 Å². The van der Waals surface area contributed by atoms with Gasteiger partial charge in [0.15, 0.2) is 0 Å². The number of rotatable bonds is 4. The molecule has 0 aliphatic carbocycles. The number of hydrogen-bond acceptors (Lipinski definition) is 4. The maximum absolute atomic E-state index is 5.44. The number of pyridine rings is 1. The highest BCUT2D eigenvalue weighted by Crippen LogP contribution is 2.33. The molecule has 3 rings (SSSR count). The van der Waals surface area contributed by atoms with Crippen LogP contribution >= 0.6 is 0 Å². The van der Waals surface area contributed by atoms with Gasteiger partial charge in [-0.2, -0.15) is 0 Å². The van der Waals surface area contributed by atoms with E-state index >= 15 is 0 Å². The van der Waals surface area contributed by atoms with Gasteiger partial charge in [-0.3, -0.25) is 4.90 Å². The lowest BCUT2D eigenvalue weighted by Gasteiger charge is -2.30. The van der Waals surface area contributed by atoms with E-state index in [2.05, 4.69) is 42.8 Å². The minimum Gasteiger partial charge on any atom is -0.378 e. The average Bonchev–Trinajstić information content (AvgIpc) is 2.95. The van der Waals surface area contributed by atoms with Crippen molar-refractivity contribution in [1.29, 1.82) is 0 Å². The molecule has 0 radical (unpaired) electrons. The van der Waals surface area contributed by atoms with Gasteiger partial charge in [0.25, 0.3) is 0 Å². The SMILES string of the molecule is Cc1cc([C@H]2CCCN2CC(C)C)cnc1N1CCOCC1. The summed E-state index contributed by atoms with van der Waals surface area (Å²) < 4.78 is 5.44. The van der Waals surface area contributed by atoms with Crippen LogP contribution in [0.15, 0.2) is 12.3 Å². The van der Waals surface area contributed by atoms with E-state index in [0.29, 0.717) is 6.04 Å². The first-order valence-corrected chi connectivity index (χ1v) is 8.68. The van der Waals surface area contributed by atoms with Gasteiger partial charge in [-0.15, -0.1) is 0 Å². The molecule has 1 aromatic heterocycles. The van der Waals surface area contributed by atoms with Crippen LogP contribution in [0.2, 0.25) is 0 Å². The van der Waals surface area contributed by atoms with Crippen LogP contribution in [0, 0.1) is 12.8 Å². The normalized spacial score (nSPS) is 23.5. The summed E-state index contributed by atoms with van der Waals surface area (Å²) in [6.45, 7) is 12.8. The predicted octanol–water partition coefficient (Wildman–Crippen LogP) is 3.02. The summed E-state index contributed by atoms with van der Waals surface area (Å²) in [5, 5.41) is 0. The fourth-order valence-electron chi connectivity index (χ4n) is 3.77. The van der Waals surface area contributed by atoms with E-state index in [1.165, 1.54) is 37.1 Å². The highest BCUT2D eigenvalue weighted by molar-refractivity contribution is 5.48. The van der Waals surface area contributed by atoms with Gasteiger partial charge >= 0.3 is 0 Å². The molecule has 0 N–H and O–H groups in total. The standard InChI is InChI=1S/C18H29N3O/c1-14(2)13-21-6-4-5-17(21)16-11-15(3)18(19-12-16)20-7-9-22-10-8-20/h11-12,14,17H,4-10,13H2,1-3H3/t17-/m1/s1. The van der Waals surface area contributed by atoms with Crippen molar-refractivity contribution in [3.8, 4) is 0 Å². The Labute approximate surface area is 134 Å². The maximum Gasteiger partial charge on any atom is 0.131 e. The fourth-order valence-corrected chi connectivity index (χ4v) is 3.77. The Morgan fingerprint density at radius 3 is 2.73 bits per heavy atom. The Kier molecular flexibility index (Phi) is 4.99. The maximum atomic E-state index is 5.44. The number of aromatic nitrogens is 1. The van der Waals surface area contributed by atoms with Crippen LogP contribution in [-0.4, -0.2) is 49.3 Å².